The fraction of sp³-hybridized carbons (Fsp3) is 0.0263. The molecule has 3 heterocycles. The van der Waals surface area contributed by atoms with Crippen LogP contribution in [-0.4, -0.2) is 5.71 Å². The third-order valence-corrected chi connectivity index (χ3v) is 8.32. The van der Waals surface area contributed by atoms with Gasteiger partial charge in [0.25, 0.3) is 0 Å². The molecule has 0 amide bonds. The molecule has 4 nitrogen and oxygen atoms in total. The van der Waals surface area contributed by atoms with Gasteiger partial charge < -0.3 is 14.2 Å². The molecule has 198 valence electrons. The predicted molar refractivity (Wildman–Crippen MR) is 172 cm³/mol. The number of nitrogens with one attached hydrogen (secondary N) is 1. The van der Waals surface area contributed by atoms with E-state index in [1.54, 1.807) is 0 Å². The van der Waals surface area contributed by atoms with Crippen LogP contribution in [0.25, 0.3) is 55.0 Å². The van der Waals surface area contributed by atoms with Gasteiger partial charge in [-0.25, -0.2) is 4.99 Å². The molecule has 42 heavy (non-hydrogen) atoms. The molecule has 0 saturated heterocycles. The van der Waals surface area contributed by atoms with Crippen molar-refractivity contribution in [3.8, 4) is 11.1 Å². The van der Waals surface area contributed by atoms with Crippen LogP contribution in [-0.2, 0) is 0 Å². The van der Waals surface area contributed by atoms with E-state index in [9.17, 15) is 0 Å². The Morgan fingerprint density at radius 1 is 0.476 bits per heavy atom. The Hall–Kier alpha value is -5.61. The summed E-state index contributed by atoms with van der Waals surface area (Å²) in [4.78, 5) is 5.22. The van der Waals surface area contributed by atoms with Crippen LogP contribution in [0, 0.1) is 0 Å². The maximum absolute atomic E-state index is 6.19. The molecule has 1 aliphatic heterocycles. The fourth-order valence-corrected chi connectivity index (χ4v) is 6.27. The number of benzene rings is 6. The lowest BCUT2D eigenvalue weighted by molar-refractivity contribution is 0.668. The largest absolute Gasteiger partial charge is 0.456 e. The molecule has 2 aromatic heterocycles. The number of aliphatic imine (C=N–C) groups is 1. The zero-order valence-electron chi connectivity index (χ0n) is 22.5. The maximum Gasteiger partial charge on any atom is 0.136 e. The summed E-state index contributed by atoms with van der Waals surface area (Å²) in [5, 5.41) is 8.27. The van der Waals surface area contributed by atoms with Gasteiger partial charge in [-0.3, -0.25) is 0 Å². The highest BCUT2D eigenvalue weighted by Gasteiger charge is 2.26. The Balaban J connectivity index is 1.17. The Kier molecular flexibility index (Phi) is 4.93. The molecule has 0 bridgehead atoms. The Morgan fingerprint density at radius 3 is 2.02 bits per heavy atom. The van der Waals surface area contributed by atoms with Gasteiger partial charge in [-0.2, -0.15) is 0 Å². The van der Waals surface area contributed by atoms with Crippen molar-refractivity contribution in [2.24, 2.45) is 4.99 Å². The number of hydrogen-bond acceptors (Lipinski definition) is 4. The quantitative estimate of drug-likeness (QED) is 0.242. The number of anilines is 1. The standard InChI is InChI=1S/C38H24N2O2/c1-5-14-33-27(10-1)29-18-16-24(22-36(29)42-33)23-8-7-9-25(20-23)37-38(40-32-13-4-3-12-31(32)39-37)26-17-19-35-30(21-26)28-11-2-6-15-34(28)41-35/h1-22,37,39H. The summed E-state index contributed by atoms with van der Waals surface area (Å²) in [7, 11) is 0. The smallest absolute Gasteiger partial charge is 0.136 e. The summed E-state index contributed by atoms with van der Waals surface area (Å²) in [6, 6.07) is 46.1. The molecule has 1 unspecified atom stereocenters. The van der Waals surface area contributed by atoms with E-state index < -0.39 is 0 Å². The van der Waals surface area contributed by atoms with Gasteiger partial charge in [0.15, 0.2) is 0 Å². The van der Waals surface area contributed by atoms with E-state index in [2.05, 4.69) is 102 Å². The van der Waals surface area contributed by atoms with Crippen LogP contribution in [0.15, 0.2) is 147 Å². The van der Waals surface area contributed by atoms with Crippen molar-refractivity contribution in [2.45, 2.75) is 6.04 Å². The number of hydrogen-bond donors (Lipinski definition) is 1. The molecule has 0 spiro atoms. The van der Waals surface area contributed by atoms with E-state index in [4.69, 9.17) is 13.8 Å². The van der Waals surface area contributed by atoms with E-state index >= 15 is 0 Å². The van der Waals surface area contributed by atoms with Crippen LogP contribution in [0.1, 0.15) is 17.2 Å². The molecule has 0 radical (unpaired) electrons. The van der Waals surface area contributed by atoms with Crippen molar-refractivity contribution in [2.75, 3.05) is 5.32 Å². The van der Waals surface area contributed by atoms with Crippen LogP contribution < -0.4 is 5.32 Å². The average molecular weight is 541 g/mol. The molecule has 0 fully saturated rings. The minimum Gasteiger partial charge on any atom is -0.456 e. The lowest BCUT2D eigenvalue weighted by Crippen LogP contribution is -2.25. The number of nitrogens with zero attached hydrogens (tertiary/aromatic N) is 1. The lowest BCUT2D eigenvalue weighted by atomic mass is 9.91. The monoisotopic (exact) mass is 540 g/mol. The molecule has 9 rings (SSSR count). The number of fused-ring (bicyclic) bond motifs is 7. The summed E-state index contributed by atoms with van der Waals surface area (Å²) < 4.78 is 12.3. The molecule has 0 saturated carbocycles. The molecule has 4 heteroatoms. The molecular weight excluding hydrogens is 516 g/mol. The van der Waals surface area contributed by atoms with Crippen molar-refractivity contribution < 1.29 is 8.83 Å². The Labute approximate surface area is 241 Å². The van der Waals surface area contributed by atoms with Gasteiger partial charge in [-0.05, 0) is 82.9 Å². The SMILES string of the molecule is c1cc(-c2ccc3c(c2)oc2ccccc23)cc(C2Nc3ccccc3N=C2c2ccc3oc4ccccc4c3c2)c1. The highest BCUT2D eigenvalue weighted by Crippen LogP contribution is 2.39. The van der Waals surface area contributed by atoms with Crippen molar-refractivity contribution in [3.05, 3.63) is 145 Å². The first-order valence-electron chi connectivity index (χ1n) is 14.2. The number of furan rings is 2. The van der Waals surface area contributed by atoms with Crippen molar-refractivity contribution in [1.82, 2.24) is 0 Å². The van der Waals surface area contributed by atoms with E-state index in [-0.39, 0.29) is 6.04 Å². The van der Waals surface area contributed by atoms with Crippen LogP contribution in [0.2, 0.25) is 0 Å². The van der Waals surface area contributed by atoms with Crippen LogP contribution >= 0.6 is 0 Å². The molecule has 1 atom stereocenters. The Morgan fingerprint density at radius 2 is 1.14 bits per heavy atom. The third kappa shape index (κ3) is 3.59. The van der Waals surface area contributed by atoms with E-state index in [1.807, 2.05) is 36.4 Å². The summed E-state index contributed by atoms with van der Waals surface area (Å²) in [5.74, 6) is 0. The van der Waals surface area contributed by atoms with Crippen LogP contribution in [0.3, 0.4) is 0 Å². The molecular formula is C38H24N2O2. The molecule has 1 N–H and O–H groups in total. The number of para-hydroxylation sites is 4. The first-order chi connectivity index (χ1) is 20.8. The van der Waals surface area contributed by atoms with Gasteiger partial charge in [-0.15, -0.1) is 0 Å². The van der Waals surface area contributed by atoms with Gasteiger partial charge >= 0.3 is 0 Å². The summed E-state index contributed by atoms with van der Waals surface area (Å²) in [6.45, 7) is 0. The van der Waals surface area contributed by atoms with Crippen molar-refractivity contribution >= 4 is 61.0 Å². The highest BCUT2D eigenvalue weighted by atomic mass is 16.3. The van der Waals surface area contributed by atoms with Crippen molar-refractivity contribution in [3.63, 3.8) is 0 Å². The normalized spacial score (nSPS) is 14.8. The molecule has 1 aliphatic rings. The average Bonchev–Trinajstić information content (AvgIpc) is 3.61. The van der Waals surface area contributed by atoms with E-state index in [1.165, 1.54) is 0 Å². The summed E-state index contributed by atoms with van der Waals surface area (Å²) in [6.07, 6.45) is 0. The molecule has 0 aliphatic carbocycles. The second-order valence-electron chi connectivity index (χ2n) is 10.8. The zero-order chi connectivity index (χ0) is 27.6. The molecule has 8 aromatic rings. The van der Waals surface area contributed by atoms with Crippen molar-refractivity contribution in [1.29, 1.82) is 0 Å². The van der Waals surface area contributed by atoms with Gasteiger partial charge in [0.1, 0.15) is 22.3 Å². The van der Waals surface area contributed by atoms with Gasteiger partial charge in [-0.1, -0.05) is 72.8 Å². The van der Waals surface area contributed by atoms with Gasteiger partial charge in [0.05, 0.1) is 23.1 Å². The minimum absolute atomic E-state index is 0.134. The Bertz CT molecular complexity index is 2360. The number of rotatable bonds is 3. The van der Waals surface area contributed by atoms with Crippen LogP contribution in [0.4, 0.5) is 11.4 Å². The van der Waals surface area contributed by atoms with Gasteiger partial charge in [0, 0.05) is 21.5 Å². The fourth-order valence-electron chi connectivity index (χ4n) is 6.27. The van der Waals surface area contributed by atoms with Crippen LogP contribution in [0.5, 0.6) is 0 Å². The zero-order valence-corrected chi connectivity index (χ0v) is 22.5. The second kappa shape index (κ2) is 8.95. The first kappa shape index (κ1) is 23.1. The maximum atomic E-state index is 6.19. The third-order valence-electron chi connectivity index (χ3n) is 8.32. The summed E-state index contributed by atoms with van der Waals surface area (Å²) in [5.41, 5.74) is 11.0. The first-order valence-corrected chi connectivity index (χ1v) is 14.2. The lowest BCUT2D eigenvalue weighted by Gasteiger charge is -2.28. The minimum atomic E-state index is -0.134. The summed E-state index contributed by atoms with van der Waals surface area (Å²) >= 11 is 0. The predicted octanol–water partition coefficient (Wildman–Crippen LogP) is 10.4. The van der Waals surface area contributed by atoms with E-state index in [0.717, 1.165) is 83.2 Å². The molecule has 6 aromatic carbocycles. The second-order valence-corrected chi connectivity index (χ2v) is 10.8. The highest BCUT2D eigenvalue weighted by molar-refractivity contribution is 6.14. The van der Waals surface area contributed by atoms with Gasteiger partial charge in [0.2, 0.25) is 0 Å². The van der Waals surface area contributed by atoms with E-state index in [0.29, 0.717) is 0 Å². The topological polar surface area (TPSA) is 50.7 Å².